The van der Waals surface area contributed by atoms with Gasteiger partial charge in [0, 0.05) is 6.54 Å². The molecule has 4 heteroatoms. The maximum Gasteiger partial charge on any atom is 0.322 e. The van der Waals surface area contributed by atoms with E-state index in [0.717, 1.165) is 19.5 Å². The SMILES string of the molecule is CCN1CCCC(CC(N)C(=O)OC)C1. The fourth-order valence-electron chi connectivity index (χ4n) is 2.24. The van der Waals surface area contributed by atoms with Crippen LogP contribution < -0.4 is 5.73 Å². The Morgan fingerprint density at radius 2 is 2.40 bits per heavy atom. The van der Waals surface area contributed by atoms with Crippen LogP contribution in [0.5, 0.6) is 0 Å². The van der Waals surface area contributed by atoms with Crippen LogP contribution in [0.15, 0.2) is 0 Å². The molecule has 0 spiro atoms. The number of carbonyl (C=O) groups excluding carboxylic acids is 1. The van der Waals surface area contributed by atoms with Crippen molar-refractivity contribution in [2.45, 2.75) is 32.2 Å². The molecule has 0 saturated carbocycles. The van der Waals surface area contributed by atoms with E-state index in [1.54, 1.807) is 0 Å². The number of hydrogen-bond acceptors (Lipinski definition) is 4. The second kappa shape index (κ2) is 6.08. The van der Waals surface area contributed by atoms with Crippen molar-refractivity contribution < 1.29 is 9.53 Å². The first-order valence-electron chi connectivity index (χ1n) is 5.73. The van der Waals surface area contributed by atoms with Crippen molar-refractivity contribution >= 4 is 5.97 Å². The highest BCUT2D eigenvalue weighted by molar-refractivity contribution is 5.75. The van der Waals surface area contributed by atoms with E-state index in [4.69, 9.17) is 5.73 Å². The minimum atomic E-state index is -0.447. The van der Waals surface area contributed by atoms with Crippen LogP contribution >= 0.6 is 0 Å². The summed E-state index contributed by atoms with van der Waals surface area (Å²) in [7, 11) is 1.39. The molecule has 0 aromatic heterocycles. The molecule has 1 fully saturated rings. The summed E-state index contributed by atoms with van der Waals surface area (Å²) in [5.41, 5.74) is 5.75. The molecule has 1 saturated heterocycles. The van der Waals surface area contributed by atoms with Gasteiger partial charge in [-0.25, -0.2) is 0 Å². The Bertz CT molecular complexity index is 209. The van der Waals surface area contributed by atoms with Gasteiger partial charge in [-0.3, -0.25) is 4.79 Å². The summed E-state index contributed by atoms with van der Waals surface area (Å²) in [5.74, 6) is 0.261. The van der Waals surface area contributed by atoms with Gasteiger partial charge >= 0.3 is 5.97 Å². The number of ether oxygens (including phenoxy) is 1. The second-order valence-electron chi connectivity index (χ2n) is 4.27. The van der Waals surface area contributed by atoms with Crippen molar-refractivity contribution in [3.8, 4) is 0 Å². The molecule has 4 nitrogen and oxygen atoms in total. The Labute approximate surface area is 91.8 Å². The zero-order valence-corrected chi connectivity index (χ0v) is 9.74. The first-order chi connectivity index (χ1) is 7.17. The van der Waals surface area contributed by atoms with E-state index in [1.807, 2.05) is 0 Å². The minimum Gasteiger partial charge on any atom is -0.468 e. The molecule has 15 heavy (non-hydrogen) atoms. The largest absolute Gasteiger partial charge is 0.468 e. The maximum absolute atomic E-state index is 11.2. The third kappa shape index (κ3) is 3.80. The third-order valence-electron chi connectivity index (χ3n) is 3.14. The average Bonchev–Trinajstić information content (AvgIpc) is 2.28. The van der Waals surface area contributed by atoms with Gasteiger partial charge in [-0.15, -0.1) is 0 Å². The quantitative estimate of drug-likeness (QED) is 0.697. The van der Waals surface area contributed by atoms with E-state index >= 15 is 0 Å². The molecule has 0 aliphatic carbocycles. The Balaban J connectivity index is 2.34. The molecule has 0 aromatic carbocycles. The number of nitrogens with zero attached hydrogens (tertiary/aromatic N) is 1. The van der Waals surface area contributed by atoms with Gasteiger partial charge in [-0.05, 0) is 38.3 Å². The average molecular weight is 214 g/mol. The van der Waals surface area contributed by atoms with Gasteiger partial charge in [0.25, 0.3) is 0 Å². The molecular weight excluding hydrogens is 192 g/mol. The Morgan fingerprint density at radius 3 is 3.00 bits per heavy atom. The van der Waals surface area contributed by atoms with E-state index < -0.39 is 6.04 Å². The Kier molecular flexibility index (Phi) is 5.05. The van der Waals surface area contributed by atoms with Crippen LogP contribution in [0.1, 0.15) is 26.2 Å². The van der Waals surface area contributed by atoms with E-state index in [9.17, 15) is 4.79 Å². The molecule has 1 heterocycles. The number of likely N-dealkylation sites (tertiary alicyclic amines) is 1. The number of methoxy groups -OCH3 is 1. The van der Waals surface area contributed by atoms with Crippen LogP contribution in [0, 0.1) is 5.92 Å². The van der Waals surface area contributed by atoms with E-state index in [1.165, 1.54) is 26.5 Å². The molecular formula is C11H22N2O2. The highest BCUT2D eigenvalue weighted by Gasteiger charge is 2.24. The maximum atomic E-state index is 11.2. The van der Waals surface area contributed by atoms with E-state index in [-0.39, 0.29) is 5.97 Å². The molecule has 0 radical (unpaired) electrons. The number of carbonyl (C=O) groups is 1. The standard InChI is InChI=1S/C11H22N2O2/c1-3-13-6-4-5-9(8-13)7-10(12)11(14)15-2/h9-10H,3-8,12H2,1-2H3. The molecule has 0 bridgehead atoms. The summed E-state index contributed by atoms with van der Waals surface area (Å²) in [6.07, 6.45) is 3.15. The third-order valence-corrected chi connectivity index (χ3v) is 3.14. The molecule has 88 valence electrons. The lowest BCUT2D eigenvalue weighted by Crippen LogP contribution is -2.40. The summed E-state index contributed by atoms with van der Waals surface area (Å²) in [6, 6.07) is -0.447. The van der Waals surface area contributed by atoms with Crippen molar-refractivity contribution in [1.82, 2.24) is 4.90 Å². The Morgan fingerprint density at radius 1 is 1.67 bits per heavy atom. The van der Waals surface area contributed by atoms with Gasteiger partial charge in [-0.1, -0.05) is 6.92 Å². The van der Waals surface area contributed by atoms with Crippen LogP contribution in [0.25, 0.3) is 0 Å². The molecule has 2 unspecified atom stereocenters. The molecule has 1 rings (SSSR count). The predicted octanol–water partition coefficient (Wildman–Crippen LogP) is 0.609. The fourth-order valence-corrected chi connectivity index (χ4v) is 2.24. The van der Waals surface area contributed by atoms with Gasteiger partial charge in [-0.2, -0.15) is 0 Å². The van der Waals surface area contributed by atoms with Crippen LogP contribution in [-0.2, 0) is 9.53 Å². The van der Waals surface area contributed by atoms with E-state index in [2.05, 4.69) is 16.6 Å². The highest BCUT2D eigenvalue weighted by atomic mass is 16.5. The zero-order valence-electron chi connectivity index (χ0n) is 9.74. The number of esters is 1. The minimum absolute atomic E-state index is 0.288. The molecule has 2 atom stereocenters. The summed E-state index contributed by atoms with van der Waals surface area (Å²) in [5, 5.41) is 0. The molecule has 2 N–H and O–H groups in total. The normalized spacial score (nSPS) is 24.9. The Hall–Kier alpha value is -0.610. The lowest BCUT2D eigenvalue weighted by molar-refractivity contribution is -0.142. The van der Waals surface area contributed by atoms with Crippen molar-refractivity contribution in [2.75, 3.05) is 26.7 Å². The number of piperidine rings is 1. The monoisotopic (exact) mass is 214 g/mol. The number of rotatable bonds is 4. The molecule has 0 aromatic rings. The topological polar surface area (TPSA) is 55.6 Å². The summed E-state index contributed by atoms with van der Waals surface area (Å²) in [6.45, 7) is 5.51. The summed E-state index contributed by atoms with van der Waals surface area (Å²) in [4.78, 5) is 13.6. The number of hydrogen-bond donors (Lipinski definition) is 1. The highest BCUT2D eigenvalue weighted by Crippen LogP contribution is 2.20. The van der Waals surface area contributed by atoms with Crippen LogP contribution in [0.4, 0.5) is 0 Å². The molecule has 1 aliphatic heterocycles. The van der Waals surface area contributed by atoms with Gasteiger partial charge < -0.3 is 15.4 Å². The molecule has 0 amide bonds. The van der Waals surface area contributed by atoms with Gasteiger partial charge in [0.15, 0.2) is 0 Å². The lowest BCUT2D eigenvalue weighted by atomic mass is 9.91. The number of nitrogens with two attached hydrogens (primary N) is 1. The smallest absolute Gasteiger partial charge is 0.322 e. The van der Waals surface area contributed by atoms with Crippen LogP contribution in [0.2, 0.25) is 0 Å². The van der Waals surface area contributed by atoms with Crippen molar-refractivity contribution in [2.24, 2.45) is 11.7 Å². The summed E-state index contributed by atoms with van der Waals surface area (Å²) < 4.78 is 4.63. The first kappa shape index (κ1) is 12.5. The lowest BCUT2D eigenvalue weighted by Gasteiger charge is -2.32. The van der Waals surface area contributed by atoms with Crippen molar-refractivity contribution in [1.29, 1.82) is 0 Å². The van der Waals surface area contributed by atoms with Crippen molar-refractivity contribution in [3.05, 3.63) is 0 Å². The van der Waals surface area contributed by atoms with Gasteiger partial charge in [0.2, 0.25) is 0 Å². The van der Waals surface area contributed by atoms with Crippen LogP contribution in [0.3, 0.4) is 0 Å². The fraction of sp³-hybridized carbons (Fsp3) is 0.909. The molecule has 1 aliphatic rings. The first-order valence-corrected chi connectivity index (χ1v) is 5.73. The van der Waals surface area contributed by atoms with Gasteiger partial charge in [0.1, 0.15) is 6.04 Å². The van der Waals surface area contributed by atoms with Gasteiger partial charge in [0.05, 0.1) is 7.11 Å². The summed E-state index contributed by atoms with van der Waals surface area (Å²) >= 11 is 0. The second-order valence-corrected chi connectivity index (χ2v) is 4.27. The van der Waals surface area contributed by atoms with Crippen LogP contribution in [-0.4, -0.2) is 43.7 Å². The van der Waals surface area contributed by atoms with E-state index in [0.29, 0.717) is 5.92 Å². The van der Waals surface area contributed by atoms with Crippen molar-refractivity contribution in [3.63, 3.8) is 0 Å². The predicted molar refractivity (Wildman–Crippen MR) is 59.4 cm³/mol. The zero-order chi connectivity index (χ0) is 11.3.